The largest absolute Gasteiger partial charge is 0.356 e. The fraction of sp³-hybridized carbons (Fsp3) is 0.222. The monoisotopic (exact) mass is 440 g/mol. The van der Waals surface area contributed by atoms with Crippen LogP contribution in [0.5, 0.6) is 0 Å². The van der Waals surface area contributed by atoms with Gasteiger partial charge in [0.15, 0.2) is 5.78 Å². The van der Waals surface area contributed by atoms with Crippen molar-refractivity contribution in [3.05, 3.63) is 102 Å². The topological polar surface area (TPSA) is 87.8 Å². The lowest BCUT2D eigenvalue weighted by Gasteiger charge is -2.30. The van der Waals surface area contributed by atoms with Crippen LogP contribution in [0.2, 0.25) is 0 Å². The van der Waals surface area contributed by atoms with Crippen molar-refractivity contribution in [3.63, 3.8) is 0 Å². The van der Waals surface area contributed by atoms with Gasteiger partial charge in [0.05, 0.1) is 18.2 Å². The molecule has 3 aromatic rings. The number of nitrogens with two attached hydrogens (primary N) is 1. The van der Waals surface area contributed by atoms with E-state index in [9.17, 15) is 9.59 Å². The second-order valence-corrected chi connectivity index (χ2v) is 8.26. The highest BCUT2D eigenvalue weighted by molar-refractivity contribution is 6.17. The Bertz CT molecular complexity index is 1160. The van der Waals surface area contributed by atoms with E-state index in [1.165, 1.54) is 0 Å². The van der Waals surface area contributed by atoms with E-state index in [2.05, 4.69) is 5.32 Å². The molecule has 6 nitrogen and oxygen atoms in total. The fourth-order valence-corrected chi connectivity index (χ4v) is 4.10. The molecule has 0 aliphatic carbocycles. The van der Waals surface area contributed by atoms with Crippen molar-refractivity contribution in [3.8, 4) is 0 Å². The zero-order chi connectivity index (χ0) is 23.4. The van der Waals surface area contributed by atoms with E-state index in [1.807, 2.05) is 96.9 Å². The molecule has 1 amide bonds. The van der Waals surface area contributed by atoms with Crippen molar-refractivity contribution in [2.24, 2.45) is 10.7 Å². The normalized spacial score (nSPS) is 18.5. The number of para-hydroxylation sites is 1. The number of rotatable bonds is 6. The summed E-state index contributed by atoms with van der Waals surface area (Å²) >= 11 is 0. The van der Waals surface area contributed by atoms with Gasteiger partial charge in [-0.2, -0.15) is 0 Å². The number of carbonyl (C=O) groups excluding carboxylic acids is 2. The Hall–Kier alpha value is -3.77. The van der Waals surface area contributed by atoms with E-state index >= 15 is 0 Å². The summed E-state index contributed by atoms with van der Waals surface area (Å²) in [5, 5.41) is 2.83. The molecule has 0 aromatic heterocycles. The Morgan fingerprint density at radius 3 is 2.27 bits per heavy atom. The number of anilines is 1. The lowest BCUT2D eigenvalue weighted by Crippen LogP contribution is -2.55. The highest BCUT2D eigenvalue weighted by Gasteiger charge is 2.36. The Morgan fingerprint density at radius 1 is 0.970 bits per heavy atom. The zero-order valence-electron chi connectivity index (χ0n) is 18.8. The third-order valence-corrected chi connectivity index (χ3v) is 5.93. The van der Waals surface area contributed by atoms with Gasteiger partial charge in [0.2, 0.25) is 5.91 Å². The molecule has 6 heteroatoms. The van der Waals surface area contributed by atoms with Gasteiger partial charge >= 0.3 is 0 Å². The van der Waals surface area contributed by atoms with Crippen molar-refractivity contribution < 1.29 is 9.59 Å². The van der Waals surface area contributed by atoms with Gasteiger partial charge < -0.3 is 16.0 Å². The van der Waals surface area contributed by atoms with Crippen LogP contribution in [-0.2, 0) is 16.0 Å². The van der Waals surface area contributed by atoms with Crippen LogP contribution >= 0.6 is 0 Å². The molecule has 0 bridgehead atoms. The minimum absolute atomic E-state index is 0.207. The molecule has 1 heterocycles. The maximum Gasteiger partial charge on any atom is 0.224 e. The molecule has 3 atom stereocenters. The number of nitrogens with zero attached hydrogens (tertiary/aromatic N) is 2. The third-order valence-electron chi connectivity index (χ3n) is 5.93. The first-order valence-electron chi connectivity index (χ1n) is 11.0. The highest BCUT2D eigenvalue weighted by Crippen LogP contribution is 2.29. The molecule has 4 rings (SSSR count). The summed E-state index contributed by atoms with van der Waals surface area (Å²) in [4.78, 5) is 32.8. The molecule has 33 heavy (non-hydrogen) atoms. The van der Waals surface area contributed by atoms with Gasteiger partial charge in [0, 0.05) is 23.9 Å². The van der Waals surface area contributed by atoms with Crippen molar-refractivity contribution in [2.45, 2.75) is 31.6 Å². The Morgan fingerprint density at radius 2 is 1.58 bits per heavy atom. The molecular weight excluding hydrogens is 412 g/mol. The van der Waals surface area contributed by atoms with E-state index in [-0.39, 0.29) is 18.1 Å². The number of benzene rings is 3. The van der Waals surface area contributed by atoms with Crippen molar-refractivity contribution in [1.29, 1.82) is 0 Å². The predicted molar refractivity (Wildman–Crippen MR) is 131 cm³/mol. The predicted octanol–water partition coefficient (Wildman–Crippen LogP) is 2.94. The van der Waals surface area contributed by atoms with E-state index in [4.69, 9.17) is 10.7 Å². The molecule has 0 fully saturated rings. The summed E-state index contributed by atoms with van der Waals surface area (Å²) in [6.45, 7) is 1.69. The van der Waals surface area contributed by atoms with Gasteiger partial charge in [-0.05, 0) is 18.6 Å². The fourth-order valence-electron chi connectivity index (χ4n) is 4.10. The van der Waals surface area contributed by atoms with Crippen LogP contribution < -0.4 is 16.0 Å². The summed E-state index contributed by atoms with van der Waals surface area (Å²) in [6, 6.07) is 25.5. The second-order valence-electron chi connectivity index (χ2n) is 8.26. The number of ketones is 1. The van der Waals surface area contributed by atoms with Crippen LogP contribution in [0.3, 0.4) is 0 Å². The number of likely N-dealkylation sites (N-methyl/N-ethyl adjacent to an activating group) is 1. The van der Waals surface area contributed by atoms with Crippen molar-refractivity contribution in [1.82, 2.24) is 5.32 Å². The maximum atomic E-state index is 13.5. The number of aliphatic imine (C=N–C) groups is 1. The summed E-state index contributed by atoms with van der Waals surface area (Å²) in [5.41, 5.74) is 10.9. The summed E-state index contributed by atoms with van der Waals surface area (Å²) in [7, 11) is 1.87. The Kier molecular flexibility index (Phi) is 6.66. The van der Waals surface area contributed by atoms with Crippen LogP contribution in [0.15, 0.2) is 89.9 Å². The smallest absolute Gasteiger partial charge is 0.224 e. The molecule has 0 saturated carbocycles. The van der Waals surface area contributed by atoms with Crippen LogP contribution in [0.1, 0.15) is 23.6 Å². The standard InChI is InChI=1S/C27H28N4O2/c1-18(29-23(32)17-19-11-5-3-6-12-19)26(33)25-27(28)31(2)22-16-10-9-15-21(22)24(30-25)20-13-7-4-8-14-20/h3-16,18,25,27H,17,28H2,1-2H3,(H,29,32)/t18?,25?,27-/m0/s1. The summed E-state index contributed by atoms with van der Waals surface area (Å²) in [5.74, 6) is -0.440. The molecule has 1 aliphatic rings. The quantitative estimate of drug-likeness (QED) is 0.617. The number of fused-ring (bicyclic) bond motifs is 1. The molecular formula is C27H28N4O2. The SMILES string of the molecule is CC(NC(=O)Cc1ccccc1)C(=O)C1N=C(c2ccccc2)c2ccccc2N(C)[C@@H]1N. The number of Topliss-reactive ketones (excluding diaryl/α,β-unsaturated/α-hetero) is 1. The average molecular weight is 441 g/mol. The van der Waals surface area contributed by atoms with E-state index in [1.54, 1.807) is 6.92 Å². The number of hydrogen-bond donors (Lipinski definition) is 2. The highest BCUT2D eigenvalue weighted by atomic mass is 16.2. The second kappa shape index (κ2) is 9.79. The lowest BCUT2D eigenvalue weighted by molar-refractivity contribution is -0.127. The molecule has 2 unspecified atom stereocenters. The van der Waals surface area contributed by atoms with Gasteiger partial charge in [-0.1, -0.05) is 78.9 Å². The number of benzodiazepines with no additional fused rings is 1. The van der Waals surface area contributed by atoms with Gasteiger partial charge in [0.25, 0.3) is 0 Å². The maximum absolute atomic E-state index is 13.5. The Balaban J connectivity index is 1.63. The number of amides is 1. The number of hydrogen-bond acceptors (Lipinski definition) is 5. The minimum atomic E-state index is -0.843. The van der Waals surface area contributed by atoms with Crippen LogP contribution in [0.4, 0.5) is 5.69 Å². The first-order chi connectivity index (χ1) is 16.0. The number of nitrogens with one attached hydrogen (secondary N) is 1. The lowest BCUT2D eigenvalue weighted by atomic mass is 10.00. The summed E-state index contributed by atoms with van der Waals surface area (Å²) < 4.78 is 0. The van der Waals surface area contributed by atoms with Crippen LogP contribution in [0, 0.1) is 0 Å². The first-order valence-corrected chi connectivity index (χ1v) is 11.0. The van der Waals surface area contributed by atoms with Crippen LogP contribution in [-0.4, -0.2) is 42.7 Å². The van der Waals surface area contributed by atoms with E-state index in [0.29, 0.717) is 5.71 Å². The average Bonchev–Trinajstić information content (AvgIpc) is 2.95. The molecule has 3 aromatic carbocycles. The molecule has 0 spiro atoms. The molecule has 0 saturated heterocycles. The van der Waals surface area contributed by atoms with Gasteiger partial charge in [-0.25, -0.2) is 0 Å². The van der Waals surface area contributed by atoms with E-state index < -0.39 is 18.2 Å². The van der Waals surface area contributed by atoms with E-state index in [0.717, 1.165) is 22.4 Å². The van der Waals surface area contributed by atoms with Crippen molar-refractivity contribution in [2.75, 3.05) is 11.9 Å². The van der Waals surface area contributed by atoms with Crippen molar-refractivity contribution >= 4 is 23.1 Å². The molecule has 1 aliphatic heterocycles. The third kappa shape index (κ3) is 4.86. The van der Waals surface area contributed by atoms with Crippen LogP contribution in [0.25, 0.3) is 0 Å². The van der Waals surface area contributed by atoms with Gasteiger partial charge in [-0.3, -0.25) is 14.6 Å². The van der Waals surface area contributed by atoms with Gasteiger partial charge in [-0.15, -0.1) is 0 Å². The van der Waals surface area contributed by atoms with Gasteiger partial charge in [0.1, 0.15) is 12.2 Å². The first kappa shape index (κ1) is 22.4. The number of carbonyl (C=O) groups is 2. The summed E-state index contributed by atoms with van der Waals surface area (Å²) in [6.07, 6.45) is -0.465. The molecule has 168 valence electrons. The zero-order valence-corrected chi connectivity index (χ0v) is 18.8. The minimum Gasteiger partial charge on any atom is -0.356 e. The molecule has 3 N–H and O–H groups in total. The Labute approximate surface area is 194 Å². The molecule has 0 radical (unpaired) electrons.